The van der Waals surface area contributed by atoms with Crippen molar-refractivity contribution < 1.29 is 9.53 Å². The lowest BCUT2D eigenvalue weighted by Gasteiger charge is -2.58. The summed E-state index contributed by atoms with van der Waals surface area (Å²) in [6.45, 7) is 6.24. The van der Waals surface area contributed by atoms with Crippen molar-refractivity contribution in [3.05, 3.63) is 0 Å². The lowest BCUT2D eigenvalue weighted by molar-refractivity contribution is -0.145. The minimum Gasteiger partial charge on any atom is -0.378 e. The fourth-order valence-corrected chi connectivity index (χ4v) is 5.13. The van der Waals surface area contributed by atoms with Crippen molar-refractivity contribution in [2.45, 2.75) is 83.4 Å². The Labute approximate surface area is 181 Å². The van der Waals surface area contributed by atoms with Gasteiger partial charge in [0, 0.05) is 51.2 Å². The van der Waals surface area contributed by atoms with E-state index in [4.69, 9.17) is 4.74 Å². The predicted molar refractivity (Wildman–Crippen MR) is 120 cm³/mol. The second-order valence-corrected chi connectivity index (χ2v) is 8.17. The molecule has 0 aromatic carbocycles. The van der Waals surface area contributed by atoms with E-state index in [0.29, 0.717) is 23.6 Å². The lowest BCUT2D eigenvalue weighted by atomic mass is 9.55. The number of hydrogen-bond donors (Lipinski definition) is 2. The van der Waals surface area contributed by atoms with Crippen molar-refractivity contribution in [3.8, 4) is 0 Å². The molecule has 1 spiro atoms. The zero-order chi connectivity index (χ0) is 18.6. The van der Waals surface area contributed by atoms with Crippen molar-refractivity contribution in [2.75, 3.05) is 26.7 Å². The van der Waals surface area contributed by atoms with E-state index in [2.05, 4.69) is 22.5 Å². The highest BCUT2D eigenvalue weighted by atomic mass is 127. The summed E-state index contributed by atoms with van der Waals surface area (Å²) < 4.78 is 6.06. The average Bonchev–Trinajstić information content (AvgIpc) is 2.67. The van der Waals surface area contributed by atoms with Crippen LogP contribution >= 0.6 is 24.0 Å². The zero-order valence-corrected chi connectivity index (χ0v) is 19.5. The van der Waals surface area contributed by atoms with Gasteiger partial charge in [-0.15, -0.1) is 24.0 Å². The van der Waals surface area contributed by atoms with Crippen LogP contribution in [0.15, 0.2) is 4.99 Å². The lowest BCUT2D eigenvalue weighted by Crippen LogP contribution is -2.67. The van der Waals surface area contributed by atoms with E-state index in [9.17, 15) is 4.79 Å². The first-order chi connectivity index (χ1) is 12.6. The molecule has 0 aromatic rings. The molecule has 0 bridgehead atoms. The summed E-state index contributed by atoms with van der Waals surface area (Å²) in [6.07, 6.45) is 9.98. The average molecular weight is 492 g/mol. The summed E-state index contributed by atoms with van der Waals surface area (Å²) in [5, 5.41) is 7.30. The molecule has 27 heavy (non-hydrogen) atoms. The molecule has 1 amide bonds. The number of halogens is 1. The molecule has 1 aliphatic heterocycles. The Kier molecular flexibility index (Phi) is 8.65. The van der Waals surface area contributed by atoms with Gasteiger partial charge in [-0.2, -0.15) is 0 Å². The predicted octanol–water partition coefficient (Wildman–Crippen LogP) is 2.91. The van der Waals surface area contributed by atoms with Gasteiger partial charge in [-0.1, -0.05) is 19.3 Å². The maximum atomic E-state index is 11.5. The first kappa shape index (κ1) is 22.7. The van der Waals surface area contributed by atoms with Crippen LogP contribution in [0.2, 0.25) is 0 Å². The number of nitrogens with zero attached hydrogens (tertiary/aromatic N) is 2. The number of piperidine rings is 1. The van der Waals surface area contributed by atoms with Gasteiger partial charge in [0.2, 0.25) is 5.91 Å². The minimum absolute atomic E-state index is 0. The zero-order valence-electron chi connectivity index (χ0n) is 17.1. The van der Waals surface area contributed by atoms with Crippen molar-refractivity contribution in [2.24, 2.45) is 10.4 Å². The fraction of sp³-hybridized carbons (Fsp3) is 0.900. The topological polar surface area (TPSA) is 66.0 Å². The van der Waals surface area contributed by atoms with Gasteiger partial charge in [0.1, 0.15) is 0 Å². The molecule has 1 saturated heterocycles. The molecule has 7 heteroatoms. The van der Waals surface area contributed by atoms with Gasteiger partial charge in [0.25, 0.3) is 0 Å². The Bertz CT molecular complexity index is 514. The quantitative estimate of drug-likeness (QED) is 0.360. The smallest absolute Gasteiger partial charge is 0.219 e. The van der Waals surface area contributed by atoms with Crippen molar-refractivity contribution in [1.29, 1.82) is 0 Å². The molecule has 3 fully saturated rings. The molecule has 2 saturated carbocycles. The van der Waals surface area contributed by atoms with Crippen molar-refractivity contribution in [1.82, 2.24) is 15.5 Å². The molecule has 2 unspecified atom stereocenters. The van der Waals surface area contributed by atoms with Crippen LogP contribution in [0.4, 0.5) is 0 Å². The number of carbonyl (C=O) groups excluding carboxylic acids is 1. The van der Waals surface area contributed by atoms with Crippen molar-refractivity contribution >= 4 is 35.8 Å². The number of aliphatic imine (C=N–C) groups is 1. The SMILES string of the molecule is CCOC1CC(NC(=NC)NC2CCN(C(C)=O)CC2)C12CCCCC2.I. The summed E-state index contributed by atoms with van der Waals surface area (Å²) >= 11 is 0. The normalized spacial score (nSPS) is 28.3. The standard InChI is InChI=1S/C20H36N4O2.HI/c1-4-26-18-14-17(20(18)10-6-5-7-11-20)23-19(21-3)22-16-8-12-24(13-9-16)15(2)25;/h16-18H,4-14H2,1-3H3,(H2,21,22,23);1H. The summed E-state index contributed by atoms with van der Waals surface area (Å²) in [5.74, 6) is 1.10. The molecule has 0 aromatic heterocycles. The third kappa shape index (κ3) is 5.08. The second-order valence-electron chi connectivity index (χ2n) is 8.17. The van der Waals surface area contributed by atoms with Gasteiger partial charge < -0.3 is 20.3 Å². The molecule has 2 N–H and O–H groups in total. The van der Waals surface area contributed by atoms with Gasteiger partial charge in [0.15, 0.2) is 5.96 Å². The van der Waals surface area contributed by atoms with Crippen LogP contribution in [-0.4, -0.2) is 61.7 Å². The van der Waals surface area contributed by atoms with Gasteiger partial charge in [0.05, 0.1) is 6.10 Å². The fourth-order valence-electron chi connectivity index (χ4n) is 5.13. The van der Waals surface area contributed by atoms with E-state index in [-0.39, 0.29) is 29.9 Å². The highest BCUT2D eigenvalue weighted by Gasteiger charge is 2.55. The van der Waals surface area contributed by atoms with Crippen molar-refractivity contribution in [3.63, 3.8) is 0 Å². The van der Waals surface area contributed by atoms with E-state index < -0.39 is 0 Å². The number of carbonyl (C=O) groups is 1. The Morgan fingerprint density at radius 3 is 2.41 bits per heavy atom. The van der Waals surface area contributed by atoms with Crippen LogP contribution in [0.25, 0.3) is 0 Å². The number of hydrogen-bond acceptors (Lipinski definition) is 3. The molecule has 2 atom stereocenters. The number of nitrogens with one attached hydrogen (secondary N) is 2. The largest absolute Gasteiger partial charge is 0.378 e. The third-order valence-corrected chi connectivity index (χ3v) is 6.75. The van der Waals surface area contributed by atoms with Crippen LogP contribution in [0.1, 0.15) is 65.2 Å². The number of ether oxygens (including phenoxy) is 1. The van der Waals surface area contributed by atoms with E-state index >= 15 is 0 Å². The number of amides is 1. The monoisotopic (exact) mass is 492 g/mol. The van der Waals surface area contributed by atoms with Gasteiger partial charge in [-0.3, -0.25) is 9.79 Å². The summed E-state index contributed by atoms with van der Waals surface area (Å²) in [5.41, 5.74) is 0.296. The van der Waals surface area contributed by atoms with Crippen LogP contribution in [0, 0.1) is 5.41 Å². The molecule has 1 heterocycles. The van der Waals surface area contributed by atoms with Gasteiger partial charge in [-0.25, -0.2) is 0 Å². The van der Waals surface area contributed by atoms with E-state index in [1.54, 1.807) is 6.92 Å². The first-order valence-electron chi connectivity index (χ1n) is 10.5. The summed E-state index contributed by atoms with van der Waals surface area (Å²) in [7, 11) is 1.85. The van der Waals surface area contributed by atoms with Gasteiger partial charge >= 0.3 is 0 Å². The second kappa shape index (κ2) is 10.3. The Hall–Kier alpha value is -0.570. The third-order valence-electron chi connectivity index (χ3n) is 6.75. The Morgan fingerprint density at radius 2 is 1.85 bits per heavy atom. The molecule has 0 radical (unpaired) electrons. The molecular formula is C20H37IN4O2. The van der Waals surface area contributed by atoms with Crippen LogP contribution in [-0.2, 0) is 9.53 Å². The Balaban J connectivity index is 0.00000261. The Morgan fingerprint density at radius 1 is 1.19 bits per heavy atom. The molecular weight excluding hydrogens is 455 g/mol. The van der Waals surface area contributed by atoms with Crippen LogP contribution in [0.5, 0.6) is 0 Å². The van der Waals surface area contributed by atoms with Gasteiger partial charge in [-0.05, 0) is 39.0 Å². The molecule has 6 nitrogen and oxygen atoms in total. The molecule has 3 aliphatic rings. The van der Waals surface area contributed by atoms with E-state index in [1.165, 1.54) is 32.1 Å². The number of likely N-dealkylation sites (tertiary alicyclic amines) is 1. The number of rotatable bonds is 4. The highest BCUT2D eigenvalue weighted by Crippen LogP contribution is 2.53. The highest BCUT2D eigenvalue weighted by molar-refractivity contribution is 14.0. The van der Waals surface area contributed by atoms with E-state index in [0.717, 1.165) is 44.9 Å². The summed E-state index contributed by atoms with van der Waals surface area (Å²) in [4.78, 5) is 17.9. The maximum Gasteiger partial charge on any atom is 0.219 e. The molecule has 156 valence electrons. The molecule has 3 rings (SSSR count). The first-order valence-corrected chi connectivity index (χ1v) is 10.5. The minimum atomic E-state index is 0. The molecule has 2 aliphatic carbocycles. The number of guanidine groups is 1. The maximum absolute atomic E-state index is 11.5. The van der Waals surface area contributed by atoms with Crippen LogP contribution < -0.4 is 10.6 Å². The van der Waals surface area contributed by atoms with E-state index in [1.807, 2.05) is 11.9 Å². The van der Waals surface area contributed by atoms with Crippen LogP contribution in [0.3, 0.4) is 0 Å². The summed E-state index contributed by atoms with van der Waals surface area (Å²) in [6, 6.07) is 0.852.